The molecule has 1 aliphatic rings. The number of nitrogens with zero attached hydrogens (tertiary/aromatic N) is 1. The molecule has 1 atom stereocenters. The molecule has 0 bridgehead atoms. The Labute approximate surface area is 130 Å². The monoisotopic (exact) mass is 312 g/mol. The zero-order chi connectivity index (χ0) is 15.1. The summed E-state index contributed by atoms with van der Waals surface area (Å²) in [5.74, 6) is 0.186. The zero-order valence-corrected chi connectivity index (χ0v) is 13.6. The van der Waals surface area contributed by atoms with Crippen molar-refractivity contribution >= 4 is 17.2 Å². The van der Waals surface area contributed by atoms with Crippen LogP contribution in [0.25, 0.3) is 0 Å². The van der Waals surface area contributed by atoms with Gasteiger partial charge in [-0.3, -0.25) is 10.1 Å². The minimum Gasteiger partial charge on any atom is -0.382 e. The van der Waals surface area contributed by atoms with E-state index in [0.29, 0.717) is 19.8 Å². The number of nitrogens with one attached hydrogen (secondary N) is 1. The molecular weight excluding hydrogens is 288 g/mol. The van der Waals surface area contributed by atoms with Gasteiger partial charge in [0.15, 0.2) is 0 Å². The van der Waals surface area contributed by atoms with E-state index in [1.165, 1.54) is 9.75 Å². The SMILES string of the molecule is COCCOCCCCN1C(=O)CNC1c1ccc(C)s1. The molecule has 0 spiro atoms. The normalized spacial score (nSPS) is 18.7. The highest BCUT2D eigenvalue weighted by molar-refractivity contribution is 7.12. The number of carbonyl (C=O) groups is 1. The second-order valence-corrected chi connectivity index (χ2v) is 6.45. The van der Waals surface area contributed by atoms with Crippen molar-refractivity contribution in [3.8, 4) is 0 Å². The van der Waals surface area contributed by atoms with Gasteiger partial charge in [0.2, 0.25) is 5.91 Å². The maximum Gasteiger partial charge on any atom is 0.238 e. The summed E-state index contributed by atoms with van der Waals surface area (Å²) in [5.41, 5.74) is 0. The lowest BCUT2D eigenvalue weighted by molar-refractivity contribution is -0.128. The highest BCUT2D eigenvalue weighted by Gasteiger charge is 2.31. The molecule has 1 aromatic rings. The number of hydrogen-bond acceptors (Lipinski definition) is 5. The quantitative estimate of drug-likeness (QED) is 0.708. The Balaban J connectivity index is 1.73. The third-order valence-corrected chi connectivity index (χ3v) is 4.53. The van der Waals surface area contributed by atoms with E-state index in [-0.39, 0.29) is 12.1 Å². The molecule has 2 rings (SSSR count). The highest BCUT2D eigenvalue weighted by Crippen LogP contribution is 2.28. The number of hydrogen-bond donors (Lipinski definition) is 1. The van der Waals surface area contributed by atoms with Gasteiger partial charge in [-0.15, -0.1) is 11.3 Å². The van der Waals surface area contributed by atoms with Gasteiger partial charge in [-0.2, -0.15) is 0 Å². The molecule has 118 valence electrons. The number of aryl methyl sites for hydroxylation is 1. The number of ether oxygens (including phenoxy) is 2. The molecule has 6 heteroatoms. The van der Waals surface area contributed by atoms with Crippen molar-refractivity contribution in [2.45, 2.75) is 25.9 Å². The third kappa shape index (κ3) is 4.78. The first kappa shape index (κ1) is 16.4. The standard InChI is InChI=1S/C15H24N2O3S/c1-12-5-6-13(21-12)15-16-11-14(18)17(15)7-3-4-8-20-10-9-19-2/h5-6,15-16H,3-4,7-11H2,1-2H3. The van der Waals surface area contributed by atoms with Crippen molar-refractivity contribution in [2.24, 2.45) is 0 Å². The number of methoxy groups -OCH3 is 1. The predicted molar refractivity (Wildman–Crippen MR) is 83.4 cm³/mol. The zero-order valence-electron chi connectivity index (χ0n) is 12.8. The molecule has 21 heavy (non-hydrogen) atoms. The Kier molecular flexibility index (Phi) is 6.63. The predicted octanol–water partition coefficient (Wildman–Crippen LogP) is 1.93. The van der Waals surface area contributed by atoms with Gasteiger partial charge >= 0.3 is 0 Å². The van der Waals surface area contributed by atoms with Crippen molar-refractivity contribution in [2.75, 3.05) is 40.0 Å². The van der Waals surface area contributed by atoms with E-state index in [2.05, 4.69) is 24.4 Å². The van der Waals surface area contributed by atoms with Crippen LogP contribution in [-0.4, -0.2) is 50.8 Å². The van der Waals surface area contributed by atoms with Gasteiger partial charge in [-0.25, -0.2) is 0 Å². The van der Waals surface area contributed by atoms with Crippen LogP contribution in [0.2, 0.25) is 0 Å². The molecule has 1 saturated heterocycles. The Bertz CT molecular complexity index is 450. The van der Waals surface area contributed by atoms with Crippen LogP contribution < -0.4 is 5.32 Å². The van der Waals surface area contributed by atoms with Gasteiger partial charge in [-0.05, 0) is 31.9 Å². The van der Waals surface area contributed by atoms with E-state index in [4.69, 9.17) is 9.47 Å². The molecule has 0 radical (unpaired) electrons. The summed E-state index contributed by atoms with van der Waals surface area (Å²) in [5, 5.41) is 3.29. The fraction of sp³-hybridized carbons (Fsp3) is 0.667. The van der Waals surface area contributed by atoms with E-state index >= 15 is 0 Å². The number of unbranched alkanes of at least 4 members (excludes halogenated alkanes) is 1. The summed E-state index contributed by atoms with van der Waals surface area (Å²) >= 11 is 1.75. The minimum absolute atomic E-state index is 0.0469. The van der Waals surface area contributed by atoms with Crippen LogP contribution in [0.3, 0.4) is 0 Å². The lowest BCUT2D eigenvalue weighted by atomic mass is 10.2. The first-order chi connectivity index (χ1) is 10.2. The molecule has 0 aromatic carbocycles. The van der Waals surface area contributed by atoms with Gasteiger partial charge in [0.25, 0.3) is 0 Å². The van der Waals surface area contributed by atoms with Crippen LogP contribution in [0.15, 0.2) is 12.1 Å². The molecule has 2 heterocycles. The summed E-state index contributed by atoms with van der Waals surface area (Å²) in [6, 6.07) is 4.21. The lowest BCUT2D eigenvalue weighted by Crippen LogP contribution is -2.30. The first-order valence-electron chi connectivity index (χ1n) is 7.38. The summed E-state index contributed by atoms with van der Waals surface area (Å²) in [6.07, 6.45) is 1.97. The fourth-order valence-electron chi connectivity index (χ4n) is 2.38. The maximum absolute atomic E-state index is 12.0. The van der Waals surface area contributed by atoms with Crippen LogP contribution in [0.1, 0.15) is 28.8 Å². The van der Waals surface area contributed by atoms with Crippen LogP contribution in [0, 0.1) is 6.92 Å². The summed E-state index contributed by atoms with van der Waals surface area (Å²) in [6.45, 7) is 5.30. The average molecular weight is 312 g/mol. The molecule has 0 aliphatic carbocycles. The highest BCUT2D eigenvalue weighted by atomic mass is 32.1. The Hall–Kier alpha value is -0.950. The first-order valence-corrected chi connectivity index (χ1v) is 8.20. The van der Waals surface area contributed by atoms with Crippen molar-refractivity contribution in [3.05, 3.63) is 21.9 Å². The van der Waals surface area contributed by atoms with Crippen LogP contribution in [0.5, 0.6) is 0 Å². The smallest absolute Gasteiger partial charge is 0.238 e. The van der Waals surface area contributed by atoms with E-state index in [0.717, 1.165) is 26.0 Å². The van der Waals surface area contributed by atoms with Crippen LogP contribution in [-0.2, 0) is 14.3 Å². The molecule has 5 nitrogen and oxygen atoms in total. The number of rotatable bonds is 9. The largest absolute Gasteiger partial charge is 0.382 e. The number of thiophene rings is 1. The number of amides is 1. The maximum atomic E-state index is 12.0. The lowest BCUT2D eigenvalue weighted by Gasteiger charge is -2.23. The van der Waals surface area contributed by atoms with Crippen molar-refractivity contribution < 1.29 is 14.3 Å². The molecule has 0 saturated carbocycles. The summed E-state index contributed by atoms with van der Waals surface area (Å²) < 4.78 is 10.4. The molecule has 1 amide bonds. The summed E-state index contributed by atoms with van der Waals surface area (Å²) in [7, 11) is 1.67. The molecule has 1 aromatic heterocycles. The topological polar surface area (TPSA) is 50.8 Å². The van der Waals surface area contributed by atoms with Crippen LogP contribution in [0.4, 0.5) is 0 Å². The van der Waals surface area contributed by atoms with Crippen molar-refractivity contribution in [3.63, 3.8) is 0 Å². The fourth-order valence-corrected chi connectivity index (χ4v) is 3.34. The second-order valence-electron chi connectivity index (χ2n) is 5.13. The van der Waals surface area contributed by atoms with Gasteiger partial charge in [0.05, 0.1) is 19.8 Å². The van der Waals surface area contributed by atoms with E-state index in [1.54, 1.807) is 18.4 Å². The molecule has 1 aliphatic heterocycles. The number of carbonyl (C=O) groups excluding carboxylic acids is 1. The van der Waals surface area contributed by atoms with Crippen molar-refractivity contribution in [1.29, 1.82) is 0 Å². The minimum atomic E-state index is 0.0469. The summed E-state index contributed by atoms with van der Waals surface area (Å²) in [4.78, 5) is 16.4. The average Bonchev–Trinajstić information content (AvgIpc) is 3.04. The van der Waals surface area contributed by atoms with Crippen molar-refractivity contribution in [1.82, 2.24) is 10.2 Å². The van der Waals surface area contributed by atoms with Gasteiger partial charge < -0.3 is 14.4 Å². The van der Waals surface area contributed by atoms with Gasteiger partial charge in [0, 0.05) is 30.0 Å². The van der Waals surface area contributed by atoms with E-state index < -0.39 is 0 Å². The third-order valence-electron chi connectivity index (χ3n) is 3.48. The van der Waals surface area contributed by atoms with Gasteiger partial charge in [0.1, 0.15) is 6.17 Å². The van der Waals surface area contributed by atoms with Gasteiger partial charge in [-0.1, -0.05) is 0 Å². The molecule has 1 unspecified atom stereocenters. The molecule has 1 N–H and O–H groups in total. The molecule has 1 fully saturated rings. The van der Waals surface area contributed by atoms with E-state index in [1.807, 2.05) is 4.90 Å². The van der Waals surface area contributed by atoms with E-state index in [9.17, 15) is 4.79 Å². The van der Waals surface area contributed by atoms with Crippen LogP contribution >= 0.6 is 11.3 Å². The Morgan fingerprint density at radius 2 is 2.19 bits per heavy atom. The second kappa shape index (κ2) is 8.48. The molecular formula is C15H24N2O3S. The Morgan fingerprint density at radius 1 is 1.33 bits per heavy atom. The Morgan fingerprint density at radius 3 is 2.90 bits per heavy atom.